The van der Waals surface area contributed by atoms with Gasteiger partial charge in [-0.25, -0.2) is 4.39 Å². The first kappa shape index (κ1) is 19.7. The van der Waals surface area contributed by atoms with Gasteiger partial charge in [-0.15, -0.1) is 0 Å². The molecule has 0 fully saturated rings. The Morgan fingerprint density at radius 2 is 1.96 bits per heavy atom. The number of aliphatic hydroxyl groups excluding tert-OH is 1. The van der Waals surface area contributed by atoms with E-state index in [1.165, 1.54) is 17.6 Å². The van der Waals surface area contributed by atoms with Crippen LogP contribution in [0.25, 0.3) is 0 Å². The molecule has 1 rings (SSSR count). The van der Waals surface area contributed by atoms with Gasteiger partial charge in [0.25, 0.3) is 0 Å². The monoisotopic (exact) mass is 342 g/mol. The Labute approximate surface area is 138 Å². The Kier molecular flexibility index (Phi) is 6.80. The lowest BCUT2D eigenvalue weighted by atomic mass is 9.82. The van der Waals surface area contributed by atoms with E-state index in [2.05, 4.69) is 6.58 Å². The van der Waals surface area contributed by atoms with Crippen molar-refractivity contribution in [3.63, 3.8) is 0 Å². The molecule has 1 aromatic carbocycles. The minimum atomic E-state index is -2.36. The molecule has 2 atom stereocenters. The first-order valence-corrected chi connectivity index (χ1v) is 9.49. The first-order valence-electron chi connectivity index (χ1n) is 7.53. The minimum absolute atomic E-state index is 0.115. The van der Waals surface area contributed by atoms with Gasteiger partial charge in [0, 0.05) is 17.0 Å². The maximum absolute atomic E-state index is 13.0. The summed E-state index contributed by atoms with van der Waals surface area (Å²) in [7, 11) is -2.36. The number of hydrogen-bond acceptors (Lipinski definition) is 3. The highest BCUT2D eigenvalue weighted by molar-refractivity contribution is 8.01. The van der Waals surface area contributed by atoms with Crippen LogP contribution in [0.3, 0.4) is 0 Å². The molecule has 0 bridgehead atoms. The zero-order valence-corrected chi connectivity index (χ0v) is 14.6. The molecule has 23 heavy (non-hydrogen) atoms. The SMILES string of the molecule is C=C(O)[C@@H](N)CCS(=O)(=CN)CCC(C)(C)c1ccc(F)cc1. The van der Waals surface area contributed by atoms with Gasteiger partial charge in [0.2, 0.25) is 0 Å². The van der Waals surface area contributed by atoms with Crippen molar-refractivity contribution < 1.29 is 13.7 Å². The second kappa shape index (κ2) is 7.95. The summed E-state index contributed by atoms with van der Waals surface area (Å²) >= 11 is 0. The third-order valence-corrected chi connectivity index (χ3v) is 6.47. The van der Waals surface area contributed by atoms with Crippen LogP contribution < -0.4 is 11.5 Å². The molecule has 0 amide bonds. The maximum Gasteiger partial charge on any atom is 0.123 e. The van der Waals surface area contributed by atoms with Crippen molar-refractivity contribution in [2.45, 2.75) is 38.1 Å². The third kappa shape index (κ3) is 5.97. The molecule has 5 N–H and O–H groups in total. The summed E-state index contributed by atoms with van der Waals surface area (Å²) < 4.78 is 25.8. The van der Waals surface area contributed by atoms with Crippen LogP contribution in [0.1, 0.15) is 32.3 Å². The van der Waals surface area contributed by atoms with Crippen LogP contribution in [0, 0.1) is 5.82 Å². The standard InChI is InChI=1S/C17H27FN2O2S/c1-13(21)16(20)8-10-23(22,12-19)11-9-17(2,3)14-4-6-15(18)7-5-14/h4-7,12,16,21H,1,8-11,19-20H2,2-3H3/t16-,23?/m0/s1. The fourth-order valence-corrected chi connectivity index (χ4v) is 4.19. The Morgan fingerprint density at radius 3 is 2.43 bits per heavy atom. The molecule has 0 spiro atoms. The molecule has 0 saturated heterocycles. The number of halogens is 1. The largest absolute Gasteiger partial charge is 0.511 e. The fraction of sp³-hybridized carbons (Fsp3) is 0.471. The topological polar surface area (TPSA) is 89.3 Å². The second-order valence-corrected chi connectivity index (χ2v) is 9.27. The van der Waals surface area contributed by atoms with Crippen molar-refractivity contribution in [2.75, 3.05) is 11.5 Å². The minimum Gasteiger partial charge on any atom is -0.511 e. The van der Waals surface area contributed by atoms with Crippen LogP contribution in [0.4, 0.5) is 4.39 Å². The zero-order valence-electron chi connectivity index (χ0n) is 13.8. The highest BCUT2D eigenvalue weighted by atomic mass is 32.2. The predicted octanol–water partition coefficient (Wildman–Crippen LogP) is 2.29. The Hall–Kier alpha value is -1.37. The third-order valence-electron chi connectivity index (χ3n) is 4.15. The number of rotatable bonds is 8. The van der Waals surface area contributed by atoms with Gasteiger partial charge >= 0.3 is 0 Å². The summed E-state index contributed by atoms with van der Waals surface area (Å²) in [5.74, 6) is 0.333. The van der Waals surface area contributed by atoms with Crippen molar-refractivity contribution >= 4 is 15.0 Å². The lowest BCUT2D eigenvalue weighted by Gasteiger charge is -2.26. The molecule has 0 radical (unpaired) electrons. The molecule has 4 nitrogen and oxygen atoms in total. The second-order valence-electron chi connectivity index (χ2n) is 6.44. The van der Waals surface area contributed by atoms with E-state index in [4.69, 9.17) is 11.5 Å². The Bertz CT molecular complexity index is 647. The van der Waals surface area contributed by atoms with E-state index in [1.54, 1.807) is 12.1 Å². The lowest BCUT2D eigenvalue weighted by molar-refractivity contribution is 0.366. The Balaban J connectivity index is 2.74. The molecule has 0 aliphatic heterocycles. The van der Waals surface area contributed by atoms with Crippen LogP contribution in [-0.4, -0.2) is 32.4 Å². The smallest absolute Gasteiger partial charge is 0.123 e. The summed E-state index contributed by atoms with van der Waals surface area (Å²) in [6.45, 7) is 7.43. The zero-order chi connectivity index (χ0) is 17.7. The molecule has 0 heterocycles. The predicted molar refractivity (Wildman–Crippen MR) is 96.5 cm³/mol. The van der Waals surface area contributed by atoms with Gasteiger partial charge in [0.15, 0.2) is 0 Å². The van der Waals surface area contributed by atoms with Crippen molar-refractivity contribution in [1.29, 1.82) is 0 Å². The highest BCUT2D eigenvalue weighted by Crippen LogP contribution is 2.28. The number of nitrogens with two attached hydrogens (primary N) is 2. The quantitative estimate of drug-likeness (QED) is 0.499. The van der Waals surface area contributed by atoms with E-state index in [0.717, 1.165) is 5.56 Å². The first-order chi connectivity index (χ1) is 10.6. The fourth-order valence-electron chi connectivity index (χ4n) is 2.20. The van der Waals surface area contributed by atoms with Crippen LogP contribution in [0.5, 0.6) is 0 Å². The Morgan fingerprint density at radius 1 is 1.39 bits per heavy atom. The van der Waals surface area contributed by atoms with E-state index in [1.807, 2.05) is 13.8 Å². The average Bonchev–Trinajstić information content (AvgIpc) is 2.51. The lowest BCUT2D eigenvalue weighted by Crippen LogP contribution is -2.30. The molecule has 0 aromatic heterocycles. The molecule has 1 unspecified atom stereocenters. The van der Waals surface area contributed by atoms with E-state index in [9.17, 15) is 13.7 Å². The number of benzene rings is 1. The van der Waals surface area contributed by atoms with Crippen LogP contribution >= 0.6 is 0 Å². The molecule has 130 valence electrons. The van der Waals surface area contributed by atoms with E-state index < -0.39 is 15.6 Å². The number of aliphatic hydroxyl groups is 1. The van der Waals surface area contributed by atoms with Gasteiger partial charge in [-0.2, -0.15) is 0 Å². The van der Waals surface area contributed by atoms with Crippen molar-refractivity contribution in [1.82, 2.24) is 0 Å². The van der Waals surface area contributed by atoms with E-state index in [-0.39, 0.29) is 17.0 Å². The maximum atomic E-state index is 13.0. The van der Waals surface area contributed by atoms with Gasteiger partial charge in [-0.05, 0) is 45.5 Å². The molecule has 0 aliphatic carbocycles. The number of hydrogen-bond donors (Lipinski definition) is 3. The van der Waals surface area contributed by atoms with Crippen LogP contribution in [0.2, 0.25) is 0 Å². The van der Waals surface area contributed by atoms with E-state index in [0.29, 0.717) is 24.3 Å². The van der Waals surface area contributed by atoms with E-state index >= 15 is 0 Å². The van der Waals surface area contributed by atoms with Crippen molar-refractivity contribution in [3.05, 3.63) is 48.0 Å². The average molecular weight is 342 g/mol. The summed E-state index contributed by atoms with van der Waals surface area (Å²) in [6.07, 6.45) is 0.999. The summed E-state index contributed by atoms with van der Waals surface area (Å²) in [5, 5.41) is 9.24. The van der Waals surface area contributed by atoms with Crippen molar-refractivity contribution in [2.24, 2.45) is 11.5 Å². The van der Waals surface area contributed by atoms with Crippen LogP contribution in [-0.2, 0) is 14.9 Å². The summed E-state index contributed by atoms with van der Waals surface area (Å²) in [5.41, 5.74) is 13.3. The normalized spacial score (nSPS) is 15.7. The molecule has 0 saturated carbocycles. The van der Waals surface area contributed by atoms with Crippen molar-refractivity contribution in [3.8, 4) is 0 Å². The molecule has 1 aromatic rings. The highest BCUT2D eigenvalue weighted by Gasteiger charge is 2.23. The summed E-state index contributed by atoms with van der Waals surface area (Å²) in [6, 6.07) is 5.75. The van der Waals surface area contributed by atoms with Gasteiger partial charge in [0.1, 0.15) is 11.6 Å². The molecule has 0 aliphatic rings. The van der Waals surface area contributed by atoms with Crippen LogP contribution in [0.15, 0.2) is 36.6 Å². The molecule has 6 heteroatoms. The van der Waals surface area contributed by atoms with Gasteiger partial charge in [-0.1, -0.05) is 32.6 Å². The summed E-state index contributed by atoms with van der Waals surface area (Å²) in [4.78, 5) is 0. The van der Waals surface area contributed by atoms with Gasteiger partial charge < -0.3 is 16.6 Å². The van der Waals surface area contributed by atoms with Gasteiger partial charge in [0.05, 0.1) is 6.04 Å². The molecular formula is C17H27FN2O2S. The molecular weight excluding hydrogens is 315 g/mol. The van der Waals surface area contributed by atoms with Gasteiger partial charge in [-0.3, -0.25) is 4.21 Å².